The van der Waals surface area contributed by atoms with E-state index in [2.05, 4.69) is 22.3 Å². The number of nitrogens with zero attached hydrogens (tertiary/aromatic N) is 1. The number of imide groups is 1. The molecule has 9 nitrogen and oxygen atoms in total. The third kappa shape index (κ3) is 4.87. The van der Waals surface area contributed by atoms with Gasteiger partial charge in [0.15, 0.2) is 0 Å². The van der Waals surface area contributed by atoms with Crippen molar-refractivity contribution < 1.29 is 22.8 Å². The maximum Gasteiger partial charge on any atom is 0.325 e. The standard InChI is InChI=1S/C19H26N4O5S/c1-3-13-8-10-19(11-9-13)17(25)23(18(26)21-19)12-16(24)20-14-4-6-15(7-5-14)22-29(2,27)28/h4-7,13,22H,3,8-12H2,1-2H3,(H,20,24)(H,21,26). The molecule has 1 aromatic rings. The second-order valence-electron chi connectivity index (χ2n) is 7.75. The van der Waals surface area contributed by atoms with Crippen molar-refractivity contribution in [1.29, 1.82) is 0 Å². The molecule has 1 aliphatic carbocycles. The van der Waals surface area contributed by atoms with Gasteiger partial charge in [0.05, 0.1) is 6.26 Å². The summed E-state index contributed by atoms with van der Waals surface area (Å²) in [5.41, 5.74) is -0.0781. The maximum absolute atomic E-state index is 12.9. The molecule has 0 unspecified atom stereocenters. The lowest BCUT2D eigenvalue weighted by atomic mass is 9.75. The molecule has 29 heavy (non-hydrogen) atoms. The van der Waals surface area contributed by atoms with Crippen LogP contribution in [-0.2, 0) is 19.6 Å². The van der Waals surface area contributed by atoms with E-state index < -0.39 is 27.5 Å². The van der Waals surface area contributed by atoms with Gasteiger partial charge in [-0.15, -0.1) is 0 Å². The summed E-state index contributed by atoms with van der Waals surface area (Å²) in [6.07, 6.45) is 5.07. The zero-order valence-corrected chi connectivity index (χ0v) is 17.3. The number of urea groups is 1. The van der Waals surface area contributed by atoms with E-state index in [1.807, 2.05) is 0 Å². The molecule has 1 heterocycles. The smallest absolute Gasteiger partial charge is 0.325 e. The predicted molar refractivity (Wildman–Crippen MR) is 109 cm³/mol. The lowest BCUT2D eigenvalue weighted by Crippen LogP contribution is -2.49. The summed E-state index contributed by atoms with van der Waals surface area (Å²) in [5.74, 6) is -0.264. The molecule has 10 heteroatoms. The molecular weight excluding hydrogens is 396 g/mol. The number of carbonyl (C=O) groups excluding carboxylic acids is 3. The van der Waals surface area contributed by atoms with E-state index in [-0.39, 0.29) is 12.5 Å². The molecule has 0 radical (unpaired) electrons. The lowest BCUT2D eigenvalue weighted by Gasteiger charge is -2.34. The van der Waals surface area contributed by atoms with Crippen molar-refractivity contribution in [3.63, 3.8) is 0 Å². The Morgan fingerprint density at radius 1 is 1.17 bits per heavy atom. The van der Waals surface area contributed by atoms with Gasteiger partial charge in [-0.25, -0.2) is 13.2 Å². The third-order valence-electron chi connectivity index (χ3n) is 5.56. The number of amides is 4. The molecule has 0 aromatic heterocycles. The molecule has 1 aliphatic heterocycles. The van der Waals surface area contributed by atoms with Crippen LogP contribution in [0.3, 0.4) is 0 Å². The third-order valence-corrected chi connectivity index (χ3v) is 6.16. The molecule has 3 rings (SSSR count). The Balaban J connectivity index is 1.59. The minimum atomic E-state index is -3.39. The number of hydrogen-bond acceptors (Lipinski definition) is 5. The molecule has 4 amide bonds. The van der Waals surface area contributed by atoms with Crippen LogP contribution in [0.25, 0.3) is 0 Å². The van der Waals surface area contributed by atoms with Crippen molar-refractivity contribution in [2.75, 3.05) is 22.8 Å². The quantitative estimate of drug-likeness (QED) is 0.604. The minimum absolute atomic E-state index is 0.333. The van der Waals surface area contributed by atoms with Gasteiger partial charge in [-0.05, 0) is 55.9 Å². The fourth-order valence-corrected chi connectivity index (χ4v) is 4.48. The molecule has 1 saturated heterocycles. The normalized spacial score (nSPS) is 24.5. The number of nitrogens with one attached hydrogen (secondary N) is 3. The summed E-state index contributed by atoms with van der Waals surface area (Å²) >= 11 is 0. The van der Waals surface area contributed by atoms with Crippen LogP contribution in [0.2, 0.25) is 0 Å². The number of rotatable bonds is 6. The topological polar surface area (TPSA) is 125 Å². The number of anilines is 2. The number of hydrogen-bond donors (Lipinski definition) is 3. The first-order valence-corrected chi connectivity index (χ1v) is 11.5. The van der Waals surface area contributed by atoms with E-state index in [4.69, 9.17) is 0 Å². The first-order valence-electron chi connectivity index (χ1n) is 9.64. The molecule has 1 spiro atoms. The summed E-state index contributed by atoms with van der Waals surface area (Å²) in [6, 6.07) is 5.54. The summed E-state index contributed by atoms with van der Waals surface area (Å²) in [6.45, 7) is 1.76. The van der Waals surface area contributed by atoms with Crippen molar-refractivity contribution in [2.24, 2.45) is 5.92 Å². The molecule has 0 bridgehead atoms. The Morgan fingerprint density at radius 3 is 2.31 bits per heavy atom. The summed E-state index contributed by atoms with van der Waals surface area (Å²) in [7, 11) is -3.39. The van der Waals surface area contributed by atoms with E-state index in [9.17, 15) is 22.8 Å². The lowest BCUT2D eigenvalue weighted by molar-refractivity contribution is -0.135. The van der Waals surface area contributed by atoms with E-state index >= 15 is 0 Å². The monoisotopic (exact) mass is 422 g/mol. The van der Waals surface area contributed by atoms with Gasteiger partial charge < -0.3 is 10.6 Å². The molecule has 2 fully saturated rings. The SMILES string of the molecule is CCC1CCC2(CC1)NC(=O)N(CC(=O)Nc1ccc(NS(C)(=O)=O)cc1)C2=O. The second-order valence-corrected chi connectivity index (χ2v) is 9.50. The highest BCUT2D eigenvalue weighted by molar-refractivity contribution is 7.92. The number of sulfonamides is 1. The van der Waals surface area contributed by atoms with Crippen LogP contribution in [0, 0.1) is 5.92 Å². The fourth-order valence-electron chi connectivity index (χ4n) is 3.92. The molecule has 3 N–H and O–H groups in total. The Hall–Kier alpha value is -2.62. The van der Waals surface area contributed by atoms with Gasteiger partial charge in [0.2, 0.25) is 15.9 Å². The van der Waals surface area contributed by atoms with Gasteiger partial charge in [-0.3, -0.25) is 19.2 Å². The summed E-state index contributed by atoms with van der Waals surface area (Å²) in [5, 5.41) is 5.42. The van der Waals surface area contributed by atoms with Crippen molar-refractivity contribution in [3.8, 4) is 0 Å². The fraction of sp³-hybridized carbons (Fsp3) is 0.526. The molecule has 1 saturated carbocycles. The van der Waals surface area contributed by atoms with Gasteiger partial charge in [-0.1, -0.05) is 13.3 Å². The van der Waals surface area contributed by atoms with Crippen LogP contribution >= 0.6 is 0 Å². The van der Waals surface area contributed by atoms with Crippen LogP contribution < -0.4 is 15.4 Å². The van der Waals surface area contributed by atoms with E-state index in [1.165, 1.54) is 24.3 Å². The first-order chi connectivity index (χ1) is 13.6. The molecule has 2 aliphatic rings. The zero-order valence-electron chi connectivity index (χ0n) is 16.5. The molecule has 158 valence electrons. The van der Waals surface area contributed by atoms with Gasteiger partial charge in [-0.2, -0.15) is 0 Å². The number of carbonyl (C=O) groups is 3. The number of benzene rings is 1. The van der Waals surface area contributed by atoms with Crippen LogP contribution in [0.15, 0.2) is 24.3 Å². The zero-order chi connectivity index (χ0) is 21.2. The van der Waals surface area contributed by atoms with Crippen LogP contribution in [-0.4, -0.2) is 49.5 Å². The second kappa shape index (κ2) is 8.02. The Kier molecular flexibility index (Phi) is 5.83. The van der Waals surface area contributed by atoms with Gasteiger partial charge in [0.1, 0.15) is 12.1 Å². The average molecular weight is 423 g/mol. The highest BCUT2D eigenvalue weighted by atomic mass is 32.2. The maximum atomic E-state index is 12.9. The largest absolute Gasteiger partial charge is 0.325 e. The van der Waals surface area contributed by atoms with Gasteiger partial charge in [0.25, 0.3) is 5.91 Å². The van der Waals surface area contributed by atoms with Crippen molar-refractivity contribution >= 4 is 39.2 Å². The summed E-state index contributed by atoms with van der Waals surface area (Å²) in [4.78, 5) is 38.5. The van der Waals surface area contributed by atoms with Crippen molar-refractivity contribution in [2.45, 2.75) is 44.6 Å². The van der Waals surface area contributed by atoms with E-state index in [0.717, 1.165) is 30.4 Å². The first kappa shape index (κ1) is 21.1. The van der Waals surface area contributed by atoms with Gasteiger partial charge >= 0.3 is 6.03 Å². The molecule has 0 atom stereocenters. The Labute approximate surface area is 170 Å². The average Bonchev–Trinajstić information content (AvgIpc) is 2.87. The van der Waals surface area contributed by atoms with Crippen molar-refractivity contribution in [1.82, 2.24) is 10.2 Å². The predicted octanol–water partition coefficient (Wildman–Crippen LogP) is 1.89. The van der Waals surface area contributed by atoms with E-state index in [1.54, 1.807) is 0 Å². The van der Waals surface area contributed by atoms with Crippen molar-refractivity contribution in [3.05, 3.63) is 24.3 Å². The van der Waals surface area contributed by atoms with Crippen LogP contribution in [0.5, 0.6) is 0 Å². The highest BCUT2D eigenvalue weighted by Gasteiger charge is 2.52. The highest BCUT2D eigenvalue weighted by Crippen LogP contribution is 2.37. The molecule has 1 aromatic carbocycles. The van der Waals surface area contributed by atoms with E-state index in [0.29, 0.717) is 30.1 Å². The summed E-state index contributed by atoms with van der Waals surface area (Å²) < 4.78 is 24.8. The molecular formula is C19H26N4O5S. The Bertz CT molecular complexity index is 905. The van der Waals surface area contributed by atoms with Crippen LogP contribution in [0.1, 0.15) is 39.0 Å². The Morgan fingerprint density at radius 2 is 1.76 bits per heavy atom. The minimum Gasteiger partial charge on any atom is -0.325 e. The van der Waals surface area contributed by atoms with Gasteiger partial charge in [0, 0.05) is 11.4 Å². The van der Waals surface area contributed by atoms with Crippen LogP contribution in [0.4, 0.5) is 16.2 Å².